The number of rotatable bonds is 3. The number of aryl methyl sites for hydroxylation is 1. The second-order valence-corrected chi connectivity index (χ2v) is 6.69. The first kappa shape index (κ1) is 14.5. The molecule has 116 valence electrons. The Kier molecular flexibility index (Phi) is 3.69. The van der Waals surface area contributed by atoms with Crippen LogP contribution in [0, 0.1) is 0 Å². The molecule has 1 heterocycles. The Morgan fingerprint density at radius 2 is 1.83 bits per heavy atom. The standard InChI is InChI=1S/C19H15BrO3/c20-13-6-4-12(5-7-13)11-22-14-8-9-16-15-2-1-3-17(15)19(21)23-18(16)10-14/h4-10H,1-3,11H2. The quantitative estimate of drug-likeness (QED) is 0.631. The minimum Gasteiger partial charge on any atom is -0.489 e. The van der Waals surface area contributed by atoms with Gasteiger partial charge in [-0.15, -0.1) is 0 Å². The number of hydrogen-bond acceptors (Lipinski definition) is 3. The number of benzene rings is 2. The van der Waals surface area contributed by atoms with Gasteiger partial charge >= 0.3 is 5.63 Å². The number of halogens is 1. The Hall–Kier alpha value is -2.07. The van der Waals surface area contributed by atoms with Gasteiger partial charge in [-0.05, 0) is 54.7 Å². The zero-order valence-corrected chi connectivity index (χ0v) is 14.1. The van der Waals surface area contributed by atoms with Crippen molar-refractivity contribution in [3.8, 4) is 5.75 Å². The van der Waals surface area contributed by atoms with Crippen LogP contribution < -0.4 is 10.4 Å². The van der Waals surface area contributed by atoms with Crippen LogP contribution in [0.1, 0.15) is 23.1 Å². The predicted molar refractivity (Wildman–Crippen MR) is 93.0 cm³/mol. The summed E-state index contributed by atoms with van der Waals surface area (Å²) in [5.74, 6) is 0.710. The minimum atomic E-state index is -0.199. The summed E-state index contributed by atoms with van der Waals surface area (Å²) in [6, 6.07) is 13.8. The van der Waals surface area contributed by atoms with Crippen molar-refractivity contribution in [2.24, 2.45) is 0 Å². The normalized spacial score (nSPS) is 13.3. The third-order valence-corrected chi connectivity index (χ3v) is 4.79. The fourth-order valence-corrected chi connectivity index (χ4v) is 3.37. The topological polar surface area (TPSA) is 39.4 Å². The molecule has 1 aromatic heterocycles. The molecule has 4 heteroatoms. The maximum atomic E-state index is 12.0. The Labute approximate surface area is 142 Å². The molecule has 0 bridgehead atoms. The van der Waals surface area contributed by atoms with Crippen molar-refractivity contribution in [1.82, 2.24) is 0 Å². The monoisotopic (exact) mass is 370 g/mol. The van der Waals surface area contributed by atoms with E-state index in [0.717, 1.165) is 45.8 Å². The predicted octanol–water partition coefficient (Wildman–Crippen LogP) is 4.62. The van der Waals surface area contributed by atoms with E-state index in [2.05, 4.69) is 15.9 Å². The third kappa shape index (κ3) is 2.79. The molecular weight excluding hydrogens is 356 g/mol. The first-order valence-electron chi connectivity index (χ1n) is 7.66. The Morgan fingerprint density at radius 1 is 1.04 bits per heavy atom. The molecule has 0 atom stereocenters. The summed E-state index contributed by atoms with van der Waals surface area (Å²) in [5.41, 5.74) is 3.50. The first-order valence-corrected chi connectivity index (χ1v) is 8.46. The first-order chi connectivity index (χ1) is 11.2. The van der Waals surface area contributed by atoms with E-state index in [1.165, 1.54) is 0 Å². The van der Waals surface area contributed by atoms with Crippen molar-refractivity contribution >= 4 is 26.9 Å². The van der Waals surface area contributed by atoms with Crippen LogP contribution in [-0.4, -0.2) is 0 Å². The molecule has 0 N–H and O–H groups in total. The molecule has 1 aliphatic rings. The van der Waals surface area contributed by atoms with E-state index in [4.69, 9.17) is 9.15 Å². The molecule has 0 aliphatic heterocycles. The lowest BCUT2D eigenvalue weighted by Crippen LogP contribution is -2.06. The summed E-state index contributed by atoms with van der Waals surface area (Å²) in [7, 11) is 0. The summed E-state index contributed by atoms with van der Waals surface area (Å²) in [6.07, 6.45) is 2.81. The lowest BCUT2D eigenvalue weighted by Gasteiger charge is -2.09. The molecule has 3 aromatic rings. The van der Waals surface area contributed by atoms with E-state index in [-0.39, 0.29) is 5.63 Å². The molecule has 3 nitrogen and oxygen atoms in total. The van der Waals surface area contributed by atoms with Crippen molar-refractivity contribution in [2.75, 3.05) is 0 Å². The van der Waals surface area contributed by atoms with E-state index in [1.54, 1.807) is 0 Å². The van der Waals surface area contributed by atoms with Gasteiger partial charge in [-0.3, -0.25) is 0 Å². The van der Waals surface area contributed by atoms with Crippen LogP contribution in [0.2, 0.25) is 0 Å². The highest BCUT2D eigenvalue weighted by atomic mass is 79.9. The van der Waals surface area contributed by atoms with Crippen molar-refractivity contribution in [1.29, 1.82) is 0 Å². The maximum absolute atomic E-state index is 12.0. The second kappa shape index (κ2) is 5.85. The molecule has 0 radical (unpaired) electrons. The Bertz CT molecular complexity index is 926. The fourth-order valence-electron chi connectivity index (χ4n) is 3.10. The molecule has 0 amide bonds. The highest BCUT2D eigenvalue weighted by Crippen LogP contribution is 2.29. The van der Waals surface area contributed by atoms with Crippen LogP contribution >= 0.6 is 15.9 Å². The maximum Gasteiger partial charge on any atom is 0.339 e. The van der Waals surface area contributed by atoms with Gasteiger partial charge < -0.3 is 9.15 Å². The van der Waals surface area contributed by atoms with Gasteiger partial charge in [0, 0.05) is 21.5 Å². The summed E-state index contributed by atoms with van der Waals surface area (Å²) < 4.78 is 12.3. The molecule has 0 fully saturated rings. The molecule has 0 saturated heterocycles. The minimum absolute atomic E-state index is 0.199. The zero-order valence-electron chi connectivity index (χ0n) is 12.5. The Morgan fingerprint density at radius 3 is 2.65 bits per heavy atom. The van der Waals surface area contributed by atoms with Gasteiger partial charge in [0.15, 0.2) is 0 Å². The largest absolute Gasteiger partial charge is 0.489 e. The van der Waals surface area contributed by atoms with Crippen molar-refractivity contribution in [3.63, 3.8) is 0 Å². The molecule has 2 aromatic carbocycles. The van der Waals surface area contributed by atoms with Crippen LogP contribution in [0.15, 0.2) is 56.1 Å². The van der Waals surface area contributed by atoms with Crippen LogP contribution in [0.25, 0.3) is 11.0 Å². The summed E-state index contributed by atoms with van der Waals surface area (Å²) >= 11 is 3.42. The average Bonchev–Trinajstić information content (AvgIpc) is 3.05. The number of hydrogen-bond donors (Lipinski definition) is 0. The average molecular weight is 371 g/mol. The van der Waals surface area contributed by atoms with Crippen molar-refractivity contribution < 1.29 is 9.15 Å². The van der Waals surface area contributed by atoms with Gasteiger partial charge in [-0.2, -0.15) is 0 Å². The van der Waals surface area contributed by atoms with Gasteiger partial charge in [0.2, 0.25) is 0 Å². The van der Waals surface area contributed by atoms with Gasteiger partial charge in [0.05, 0.1) is 0 Å². The van der Waals surface area contributed by atoms with E-state index >= 15 is 0 Å². The van der Waals surface area contributed by atoms with Gasteiger partial charge in [0.25, 0.3) is 0 Å². The molecule has 1 aliphatic carbocycles. The van der Waals surface area contributed by atoms with Crippen LogP contribution in [0.4, 0.5) is 0 Å². The highest BCUT2D eigenvalue weighted by molar-refractivity contribution is 9.10. The van der Waals surface area contributed by atoms with Gasteiger partial charge in [-0.25, -0.2) is 4.79 Å². The van der Waals surface area contributed by atoms with Gasteiger partial charge in [0.1, 0.15) is 17.9 Å². The second-order valence-electron chi connectivity index (χ2n) is 5.77. The van der Waals surface area contributed by atoms with Crippen LogP contribution in [0.3, 0.4) is 0 Å². The van der Waals surface area contributed by atoms with Crippen molar-refractivity contribution in [2.45, 2.75) is 25.9 Å². The summed E-state index contributed by atoms with van der Waals surface area (Å²) in [5, 5.41) is 1.04. The number of ether oxygens (including phenoxy) is 1. The molecule has 23 heavy (non-hydrogen) atoms. The van der Waals surface area contributed by atoms with Crippen molar-refractivity contribution in [3.05, 3.63) is 74.0 Å². The highest BCUT2D eigenvalue weighted by Gasteiger charge is 2.19. The Balaban J connectivity index is 1.63. The number of fused-ring (bicyclic) bond motifs is 3. The van der Waals surface area contributed by atoms with E-state index in [1.807, 2.05) is 42.5 Å². The summed E-state index contributed by atoms with van der Waals surface area (Å²) in [6.45, 7) is 0.480. The molecule has 0 spiro atoms. The van der Waals surface area contributed by atoms with E-state index in [9.17, 15) is 4.79 Å². The molecular formula is C19H15BrO3. The van der Waals surface area contributed by atoms with Gasteiger partial charge in [-0.1, -0.05) is 28.1 Å². The summed E-state index contributed by atoms with van der Waals surface area (Å²) in [4.78, 5) is 12.0. The van der Waals surface area contributed by atoms with Crippen LogP contribution in [0.5, 0.6) is 5.75 Å². The lowest BCUT2D eigenvalue weighted by atomic mass is 10.1. The zero-order chi connectivity index (χ0) is 15.8. The molecule has 4 rings (SSSR count). The SMILES string of the molecule is O=c1oc2cc(OCc3ccc(Br)cc3)ccc2c2c1CCC2. The molecule has 0 saturated carbocycles. The fraction of sp³-hybridized carbons (Fsp3) is 0.211. The smallest absolute Gasteiger partial charge is 0.339 e. The molecule has 0 unspecified atom stereocenters. The van der Waals surface area contributed by atoms with E-state index < -0.39 is 0 Å². The van der Waals surface area contributed by atoms with Crippen LogP contribution in [-0.2, 0) is 19.4 Å². The lowest BCUT2D eigenvalue weighted by molar-refractivity contribution is 0.306. The van der Waals surface area contributed by atoms with E-state index in [0.29, 0.717) is 17.9 Å². The third-order valence-electron chi connectivity index (χ3n) is 4.26.